The van der Waals surface area contributed by atoms with Gasteiger partial charge in [-0.05, 0) is 36.5 Å². The average Bonchev–Trinajstić information content (AvgIpc) is 2.78. The summed E-state index contributed by atoms with van der Waals surface area (Å²) in [4.78, 5) is 0. The molecule has 0 aromatic rings. The fourth-order valence-electron chi connectivity index (χ4n) is 4.78. The lowest BCUT2D eigenvalue weighted by Gasteiger charge is -2.31. The predicted molar refractivity (Wildman–Crippen MR) is 60.4 cm³/mol. The molecule has 0 amide bonds. The Morgan fingerprint density at radius 1 is 0.933 bits per heavy atom. The van der Waals surface area contributed by atoms with Gasteiger partial charge in [0.1, 0.15) is 0 Å². The molecule has 0 spiro atoms. The summed E-state index contributed by atoms with van der Waals surface area (Å²) in [7, 11) is 0. The Morgan fingerprint density at radius 2 is 1.33 bits per heavy atom. The Balaban J connectivity index is 2.30. The fourth-order valence-corrected chi connectivity index (χ4v) is 4.78. The Bertz CT molecular complexity index is 203. The third-order valence-electron chi connectivity index (χ3n) is 5.38. The molecule has 0 aliphatic heterocycles. The van der Waals surface area contributed by atoms with Gasteiger partial charge in [0, 0.05) is 5.41 Å². The van der Waals surface area contributed by atoms with Crippen molar-refractivity contribution in [3.8, 4) is 0 Å². The molecule has 2 nitrogen and oxygen atoms in total. The standard InChI is InChI=1S/C13H24O2/c1-3-9-10(4-2)12-6-5-11(9)13(12,7-14)8-15/h9-12,14-15H,3-8H2,1-2H3/t9-,10+,11+,12-. The number of aliphatic hydroxyl groups excluding tert-OH is 2. The number of aliphatic hydroxyl groups is 2. The summed E-state index contributed by atoms with van der Waals surface area (Å²) in [5.74, 6) is 2.64. The van der Waals surface area contributed by atoms with Crippen molar-refractivity contribution in [2.75, 3.05) is 13.2 Å². The molecule has 2 fully saturated rings. The molecular weight excluding hydrogens is 188 g/mol. The largest absolute Gasteiger partial charge is 0.396 e. The van der Waals surface area contributed by atoms with Crippen LogP contribution in [0.4, 0.5) is 0 Å². The first kappa shape index (κ1) is 11.4. The van der Waals surface area contributed by atoms with Gasteiger partial charge in [0.05, 0.1) is 13.2 Å². The van der Waals surface area contributed by atoms with Gasteiger partial charge in [0.15, 0.2) is 0 Å². The minimum absolute atomic E-state index is 0.138. The second-order valence-corrected chi connectivity index (χ2v) is 5.48. The molecule has 2 aliphatic carbocycles. The maximum atomic E-state index is 9.66. The van der Waals surface area contributed by atoms with E-state index < -0.39 is 0 Å². The second-order valence-electron chi connectivity index (χ2n) is 5.48. The molecule has 0 aromatic carbocycles. The van der Waals surface area contributed by atoms with Crippen molar-refractivity contribution in [2.45, 2.75) is 39.5 Å². The van der Waals surface area contributed by atoms with Crippen LogP contribution in [0.3, 0.4) is 0 Å². The van der Waals surface area contributed by atoms with Gasteiger partial charge in [-0.2, -0.15) is 0 Å². The summed E-state index contributed by atoms with van der Waals surface area (Å²) in [6.07, 6.45) is 4.87. The van der Waals surface area contributed by atoms with E-state index in [1.54, 1.807) is 0 Å². The highest BCUT2D eigenvalue weighted by Crippen LogP contribution is 2.64. The monoisotopic (exact) mass is 212 g/mol. The minimum atomic E-state index is -0.138. The van der Waals surface area contributed by atoms with Crippen LogP contribution in [0, 0.1) is 29.1 Å². The van der Waals surface area contributed by atoms with Gasteiger partial charge in [-0.1, -0.05) is 26.7 Å². The molecule has 4 atom stereocenters. The number of fused-ring (bicyclic) bond motifs is 2. The van der Waals surface area contributed by atoms with Crippen LogP contribution >= 0.6 is 0 Å². The SMILES string of the molecule is CC[C@@H]1[C@H](CC)[C@H]2CC[C@@H]1C2(CO)CO. The van der Waals surface area contributed by atoms with Crippen molar-refractivity contribution in [1.82, 2.24) is 0 Å². The third-order valence-corrected chi connectivity index (χ3v) is 5.38. The zero-order chi connectivity index (χ0) is 11.1. The van der Waals surface area contributed by atoms with Crippen LogP contribution in [-0.2, 0) is 0 Å². The average molecular weight is 212 g/mol. The quantitative estimate of drug-likeness (QED) is 0.749. The summed E-state index contributed by atoms with van der Waals surface area (Å²) in [6, 6.07) is 0. The third kappa shape index (κ3) is 1.31. The molecule has 2 aliphatic rings. The molecule has 2 heteroatoms. The van der Waals surface area contributed by atoms with E-state index in [1.165, 1.54) is 25.7 Å². The summed E-state index contributed by atoms with van der Waals surface area (Å²) in [5, 5.41) is 19.3. The maximum absolute atomic E-state index is 9.66. The summed E-state index contributed by atoms with van der Waals surface area (Å²) >= 11 is 0. The Kier molecular flexibility index (Phi) is 3.09. The topological polar surface area (TPSA) is 40.5 Å². The molecule has 2 N–H and O–H groups in total. The molecule has 0 aromatic heterocycles. The van der Waals surface area contributed by atoms with E-state index in [0.29, 0.717) is 11.8 Å². The van der Waals surface area contributed by atoms with E-state index in [1.807, 2.05) is 0 Å². The molecule has 0 unspecified atom stereocenters. The van der Waals surface area contributed by atoms with Crippen LogP contribution in [0.2, 0.25) is 0 Å². The minimum Gasteiger partial charge on any atom is -0.396 e. The molecule has 0 radical (unpaired) electrons. The Labute approximate surface area is 92.7 Å². The number of rotatable bonds is 4. The summed E-state index contributed by atoms with van der Waals surface area (Å²) < 4.78 is 0. The number of hydrogen-bond donors (Lipinski definition) is 2. The van der Waals surface area contributed by atoms with Crippen molar-refractivity contribution in [3.63, 3.8) is 0 Å². The fraction of sp³-hybridized carbons (Fsp3) is 1.00. The lowest BCUT2D eigenvalue weighted by molar-refractivity contribution is 0.00840. The Hall–Kier alpha value is -0.0800. The highest BCUT2D eigenvalue weighted by molar-refractivity contribution is 5.09. The van der Waals surface area contributed by atoms with Crippen LogP contribution in [0.5, 0.6) is 0 Å². The molecule has 15 heavy (non-hydrogen) atoms. The second kappa shape index (κ2) is 4.06. The van der Waals surface area contributed by atoms with E-state index in [-0.39, 0.29) is 18.6 Å². The Morgan fingerprint density at radius 3 is 1.60 bits per heavy atom. The van der Waals surface area contributed by atoms with Crippen molar-refractivity contribution in [2.24, 2.45) is 29.1 Å². The van der Waals surface area contributed by atoms with E-state index in [9.17, 15) is 10.2 Å². The molecule has 88 valence electrons. The van der Waals surface area contributed by atoms with Gasteiger partial charge in [-0.15, -0.1) is 0 Å². The highest BCUT2D eigenvalue weighted by Gasteiger charge is 2.61. The van der Waals surface area contributed by atoms with Crippen LogP contribution in [-0.4, -0.2) is 23.4 Å². The number of hydrogen-bond acceptors (Lipinski definition) is 2. The predicted octanol–water partition coefficient (Wildman–Crippen LogP) is 2.05. The molecule has 0 heterocycles. The zero-order valence-electron chi connectivity index (χ0n) is 9.95. The van der Waals surface area contributed by atoms with Gasteiger partial charge < -0.3 is 10.2 Å². The molecule has 2 saturated carbocycles. The van der Waals surface area contributed by atoms with E-state index in [4.69, 9.17) is 0 Å². The van der Waals surface area contributed by atoms with Crippen LogP contribution in [0.25, 0.3) is 0 Å². The maximum Gasteiger partial charge on any atom is 0.0514 e. The van der Waals surface area contributed by atoms with Gasteiger partial charge in [0.25, 0.3) is 0 Å². The lowest BCUT2D eigenvalue weighted by atomic mass is 9.77. The van der Waals surface area contributed by atoms with Crippen LogP contribution in [0.15, 0.2) is 0 Å². The first-order valence-corrected chi connectivity index (χ1v) is 6.46. The molecule has 2 rings (SSSR count). The van der Waals surface area contributed by atoms with Gasteiger partial charge in [-0.25, -0.2) is 0 Å². The zero-order valence-corrected chi connectivity index (χ0v) is 9.95. The first-order valence-electron chi connectivity index (χ1n) is 6.46. The van der Waals surface area contributed by atoms with Crippen LogP contribution in [0.1, 0.15) is 39.5 Å². The molecule has 0 saturated heterocycles. The summed E-state index contributed by atoms with van der Waals surface area (Å²) in [6.45, 7) is 4.89. The van der Waals surface area contributed by atoms with Crippen molar-refractivity contribution >= 4 is 0 Å². The van der Waals surface area contributed by atoms with Crippen molar-refractivity contribution < 1.29 is 10.2 Å². The van der Waals surface area contributed by atoms with E-state index in [2.05, 4.69) is 13.8 Å². The molecular formula is C13H24O2. The van der Waals surface area contributed by atoms with Crippen molar-refractivity contribution in [3.05, 3.63) is 0 Å². The van der Waals surface area contributed by atoms with Crippen molar-refractivity contribution in [1.29, 1.82) is 0 Å². The normalized spacial score (nSPS) is 42.4. The van der Waals surface area contributed by atoms with E-state index >= 15 is 0 Å². The van der Waals surface area contributed by atoms with E-state index in [0.717, 1.165) is 11.8 Å². The smallest absolute Gasteiger partial charge is 0.0514 e. The highest BCUT2D eigenvalue weighted by atomic mass is 16.3. The first-order chi connectivity index (χ1) is 7.25. The lowest BCUT2D eigenvalue weighted by Crippen LogP contribution is -2.36. The van der Waals surface area contributed by atoms with Gasteiger partial charge >= 0.3 is 0 Å². The molecule has 2 bridgehead atoms. The van der Waals surface area contributed by atoms with Gasteiger partial charge in [-0.3, -0.25) is 0 Å². The summed E-state index contributed by atoms with van der Waals surface area (Å²) in [5.41, 5.74) is -0.138. The van der Waals surface area contributed by atoms with Gasteiger partial charge in [0.2, 0.25) is 0 Å². The van der Waals surface area contributed by atoms with Crippen LogP contribution < -0.4 is 0 Å².